The second-order valence-corrected chi connectivity index (χ2v) is 13.8. The fourth-order valence-corrected chi connectivity index (χ4v) is 8.05. The first-order chi connectivity index (χ1) is 23.1. The van der Waals surface area contributed by atoms with Gasteiger partial charge in [0.05, 0.1) is 41.9 Å². The largest absolute Gasteiger partial charge is 0.455 e. The number of carbonyl (C=O) groups is 4. The van der Waals surface area contributed by atoms with Crippen LogP contribution in [0.25, 0.3) is 0 Å². The number of esters is 1. The summed E-state index contributed by atoms with van der Waals surface area (Å²) in [6.07, 6.45) is 6.31. The Labute approximate surface area is 285 Å². The highest BCUT2D eigenvalue weighted by Crippen LogP contribution is 2.54. The van der Waals surface area contributed by atoms with Gasteiger partial charge in [0.25, 0.3) is 5.91 Å². The van der Waals surface area contributed by atoms with Gasteiger partial charge in [-0.2, -0.15) is 0 Å². The number of hydrogen-bond donors (Lipinski definition) is 2. The van der Waals surface area contributed by atoms with Gasteiger partial charge in [0.1, 0.15) is 23.7 Å². The van der Waals surface area contributed by atoms with Crippen molar-refractivity contribution in [2.45, 2.75) is 69.9 Å². The maximum atomic E-state index is 14.9. The van der Waals surface area contributed by atoms with Gasteiger partial charge < -0.3 is 29.7 Å². The minimum absolute atomic E-state index is 0.0561. The number of nitrogens with zero attached hydrogens (tertiary/aromatic N) is 2. The van der Waals surface area contributed by atoms with Crippen molar-refractivity contribution in [3.8, 4) is 0 Å². The Hall–Kier alpha value is -3.99. The molecule has 2 fully saturated rings. The number of aliphatic hydroxyl groups excluding tert-OH is 1. The number of anilines is 1. The lowest BCUT2D eigenvalue weighted by Crippen LogP contribution is -2.58. The lowest BCUT2D eigenvalue weighted by Gasteiger charge is -2.39. The summed E-state index contributed by atoms with van der Waals surface area (Å²) in [4.78, 5) is 59.8. The average molecular weight is 676 g/mol. The van der Waals surface area contributed by atoms with Crippen LogP contribution in [0.1, 0.15) is 50.3 Å². The summed E-state index contributed by atoms with van der Waals surface area (Å²) < 4.78 is 13.0. The van der Waals surface area contributed by atoms with Gasteiger partial charge in [-0.15, -0.1) is 0 Å². The first-order valence-corrected chi connectivity index (χ1v) is 17.0. The van der Waals surface area contributed by atoms with Crippen LogP contribution in [0.5, 0.6) is 0 Å². The third kappa shape index (κ3) is 6.06. The molecule has 0 aliphatic carbocycles. The number of carbonyl (C=O) groups excluding carboxylic acids is 4. The van der Waals surface area contributed by atoms with Gasteiger partial charge in [0.15, 0.2) is 0 Å². The molecule has 4 aliphatic heterocycles. The first-order valence-electron chi connectivity index (χ1n) is 16.6. The summed E-state index contributed by atoms with van der Waals surface area (Å²) in [6, 6.07) is 12.6. The second kappa shape index (κ2) is 13.9. The standard InChI is InChI=1S/C37H42ClN3O7/c1-22(2)19-25(21-42)41-33-35(45)40(32-23(3)11-9-14-26(32)38)18-10-17-37(33)31(34(41)44)30-27(48-37)15-7-8-16-29(43)39-20-28(47-36(30)46)24-12-5-4-6-13-24/h4-7,9-15,17,22,25,27-28,30-31,33,42H,8,16,18-21H2,1-3H3,(H,39,43)/b15-7-/t25-,27-,28+,30+,31+,33-,37+/m1/s1. The normalized spacial score (nSPS) is 30.4. The van der Waals surface area contributed by atoms with Gasteiger partial charge >= 0.3 is 5.97 Å². The molecule has 2 aromatic carbocycles. The molecule has 0 aromatic heterocycles. The molecule has 2 N–H and O–H groups in total. The number of para-hydroxylation sites is 1. The van der Waals surface area contributed by atoms with Crippen molar-refractivity contribution in [1.29, 1.82) is 0 Å². The van der Waals surface area contributed by atoms with Crippen LogP contribution in [-0.2, 0) is 28.7 Å². The highest BCUT2D eigenvalue weighted by molar-refractivity contribution is 6.34. The number of aryl methyl sites for hydroxylation is 1. The molecule has 11 heteroatoms. The molecule has 0 unspecified atom stereocenters. The minimum Gasteiger partial charge on any atom is -0.455 e. The van der Waals surface area contributed by atoms with Crippen LogP contribution in [0.4, 0.5) is 5.69 Å². The predicted molar refractivity (Wildman–Crippen MR) is 180 cm³/mol. The number of allylic oxidation sites excluding steroid dienone is 1. The third-order valence-corrected chi connectivity index (χ3v) is 10.1. The molecule has 0 bridgehead atoms. The Balaban J connectivity index is 1.48. The van der Waals surface area contributed by atoms with Crippen molar-refractivity contribution in [2.24, 2.45) is 17.8 Å². The van der Waals surface area contributed by atoms with E-state index >= 15 is 0 Å². The average Bonchev–Trinajstić information content (AvgIpc) is 3.45. The van der Waals surface area contributed by atoms with E-state index in [4.69, 9.17) is 21.1 Å². The molecule has 6 rings (SSSR count). The molecule has 4 heterocycles. The molecule has 3 amide bonds. The molecule has 0 saturated carbocycles. The van der Waals surface area contributed by atoms with Gasteiger partial charge in [-0.05, 0) is 42.9 Å². The summed E-state index contributed by atoms with van der Waals surface area (Å²) in [6.45, 7) is 5.67. The smallest absolute Gasteiger partial charge is 0.313 e. The van der Waals surface area contributed by atoms with Gasteiger partial charge in [-0.3, -0.25) is 19.2 Å². The van der Waals surface area contributed by atoms with Crippen molar-refractivity contribution in [2.75, 3.05) is 24.6 Å². The Bertz CT molecular complexity index is 1610. The lowest BCUT2D eigenvalue weighted by atomic mass is 9.77. The Morgan fingerprint density at radius 2 is 1.81 bits per heavy atom. The van der Waals surface area contributed by atoms with Crippen molar-refractivity contribution in [3.63, 3.8) is 0 Å². The number of halogens is 1. The van der Waals surface area contributed by atoms with Crippen molar-refractivity contribution < 1.29 is 33.8 Å². The number of amides is 3. The van der Waals surface area contributed by atoms with Crippen LogP contribution in [0, 0.1) is 24.7 Å². The van der Waals surface area contributed by atoms with Gasteiger partial charge in [0, 0.05) is 13.0 Å². The van der Waals surface area contributed by atoms with Crippen LogP contribution in [0.2, 0.25) is 5.02 Å². The number of hydrogen-bond acceptors (Lipinski definition) is 7. The van der Waals surface area contributed by atoms with Crippen molar-refractivity contribution in [3.05, 3.63) is 89.0 Å². The third-order valence-electron chi connectivity index (χ3n) is 9.79. The highest BCUT2D eigenvalue weighted by Gasteiger charge is 2.72. The molecular weight excluding hydrogens is 634 g/mol. The summed E-state index contributed by atoms with van der Waals surface area (Å²) in [5.41, 5.74) is 0.452. The number of nitrogens with one attached hydrogen (secondary N) is 1. The fourth-order valence-electron chi connectivity index (χ4n) is 7.73. The van der Waals surface area contributed by atoms with E-state index in [2.05, 4.69) is 5.32 Å². The van der Waals surface area contributed by atoms with E-state index in [1.165, 1.54) is 4.90 Å². The molecule has 2 aromatic rings. The first kappa shape index (κ1) is 33.9. The molecule has 48 heavy (non-hydrogen) atoms. The zero-order chi connectivity index (χ0) is 34.2. The number of benzene rings is 2. The molecule has 1 spiro atoms. The van der Waals surface area contributed by atoms with Crippen LogP contribution >= 0.6 is 11.6 Å². The fraction of sp³-hybridized carbons (Fsp3) is 0.459. The Morgan fingerprint density at radius 1 is 1.04 bits per heavy atom. The molecule has 10 nitrogen and oxygen atoms in total. The molecule has 4 aliphatic rings. The van der Waals surface area contributed by atoms with E-state index in [-0.39, 0.29) is 37.9 Å². The number of cyclic esters (lactones) is 1. The number of rotatable bonds is 6. The molecular formula is C37H42ClN3O7. The number of likely N-dealkylation sites (tertiary alicyclic amines) is 1. The monoisotopic (exact) mass is 675 g/mol. The van der Waals surface area contributed by atoms with Crippen molar-refractivity contribution in [1.82, 2.24) is 10.2 Å². The SMILES string of the molecule is Cc1cccc(Cl)c1N1CC=C[C@]23O[C@@H]4/C=C\CCC(=O)NC[C@@H](c5ccccc5)OC(=O)[C@@H]4[C@H]2C(=O)N([C@@H](CO)CC(C)C)[C@@H]3C1=O. The molecule has 2 saturated heterocycles. The second-order valence-electron chi connectivity index (χ2n) is 13.4. The van der Waals surface area contributed by atoms with E-state index in [0.717, 1.165) is 5.56 Å². The van der Waals surface area contributed by atoms with Crippen LogP contribution in [0.15, 0.2) is 72.8 Å². The molecule has 0 radical (unpaired) electrons. The number of fused-ring (bicyclic) bond motifs is 2. The van der Waals surface area contributed by atoms with Crippen LogP contribution in [-0.4, -0.2) is 77.2 Å². The zero-order valence-electron chi connectivity index (χ0n) is 27.4. The van der Waals surface area contributed by atoms with Gasteiger partial charge in [-0.25, -0.2) is 0 Å². The van der Waals surface area contributed by atoms with E-state index in [9.17, 15) is 24.3 Å². The van der Waals surface area contributed by atoms with E-state index < -0.39 is 59.5 Å². The highest BCUT2D eigenvalue weighted by atomic mass is 35.5. The Morgan fingerprint density at radius 3 is 2.52 bits per heavy atom. The number of aliphatic hydroxyl groups is 1. The zero-order valence-corrected chi connectivity index (χ0v) is 28.1. The lowest BCUT2D eigenvalue weighted by molar-refractivity contribution is -0.160. The quantitative estimate of drug-likeness (QED) is 0.346. The topological polar surface area (TPSA) is 125 Å². The predicted octanol–water partition coefficient (Wildman–Crippen LogP) is 4.29. The van der Waals surface area contributed by atoms with E-state index in [0.29, 0.717) is 29.1 Å². The number of ether oxygens (including phenoxy) is 2. The minimum atomic E-state index is -1.54. The van der Waals surface area contributed by atoms with Crippen LogP contribution < -0.4 is 10.2 Å². The Kier molecular flexibility index (Phi) is 9.79. The van der Waals surface area contributed by atoms with Crippen LogP contribution in [0.3, 0.4) is 0 Å². The van der Waals surface area contributed by atoms with Crippen molar-refractivity contribution >= 4 is 41.0 Å². The van der Waals surface area contributed by atoms with Gasteiger partial charge in [0.2, 0.25) is 11.8 Å². The summed E-state index contributed by atoms with van der Waals surface area (Å²) >= 11 is 6.68. The molecule has 7 atom stereocenters. The maximum absolute atomic E-state index is 14.9. The van der Waals surface area contributed by atoms with Gasteiger partial charge in [-0.1, -0.05) is 92.2 Å². The van der Waals surface area contributed by atoms with E-state index in [1.54, 1.807) is 35.3 Å². The molecule has 254 valence electrons. The summed E-state index contributed by atoms with van der Waals surface area (Å²) in [5.74, 6) is -3.85. The summed E-state index contributed by atoms with van der Waals surface area (Å²) in [5, 5.41) is 13.9. The van der Waals surface area contributed by atoms with E-state index in [1.807, 2.05) is 63.2 Å². The summed E-state index contributed by atoms with van der Waals surface area (Å²) in [7, 11) is 0. The maximum Gasteiger partial charge on any atom is 0.313 e.